The molecule has 0 N–H and O–H groups in total. The molecule has 296 valence electrons. The van der Waals surface area contributed by atoms with E-state index in [1.165, 1.54) is 38.7 Å². The molecule has 3 nitrogen and oxygen atoms in total. The van der Waals surface area contributed by atoms with Crippen LogP contribution in [0.5, 0.6) is 0 Å². The normalized spacial score (nSPS) is 18.1. The maximum Gasteiger partial charge on any atom is 0.143 e. The van der Waals surface area contributed by atoms with Crippen LogP contribution in [0.4, 0.5) is 0 Å². The molecule has 0 spiro atoms. The van der Waals surface area contributed by atoms with E-state index in [9.17, 15) is 0 Å². The largest absolute Gasteiger partial charge is 0.464 e. The first kappa shape index (κ1) is 36.2. The number of rotatable bonds is 8. The Morgan fingerprint density at radius 1 is 0.677 bits per heavy atom. The number of allylic oxidation sites excluding steroid dienone is 8. The average Bonchev–Trinajstić information content (AvgIpc) is 4.01. The minimum atomic E-state index is -0.433. The predicted molar refractivity (Wildman–Crippen MR) is 255 cm³/mol. The van der Waals surface area contributed by atoms with Gasteiger partial charge < -0.3 is 13.7 Å². The second-order valence-corrected chi connectivity index (χ2v) is 16.7. The lowest BCUT2D eigenvalue weighted by atomic mass is 9.63. The zero-order valence-corrected chi connectivity index (χ0v) is 34.2. The van der Waals surface area contributed by atoms with Crippen LogP contribution in [-0.4, -0.2) is 4.90 Å². The third kappa shape index (κ3) is 5.51. The molecule has 2 atom stereocenters. The SMILES string of the molecule is C=C/C(=C\c1coc2ccccc12)N(C1=CC2C(C=C1)c1ccccc1C2(c1ccccc1)c1ccccc1)C1=C(c2cccc3c2oc2cc4ccccc4cc23)C=CCC1. The van der Waals surface area contributed by atoms with Gasteiger partial charge in [-0.15, -0.1) is 0 Å². The first-order chi connectivity index (χ1) is 30.7. The highest BCUT2D eigenvalue weighted by Crippen LogP contribution is 2.60. The highest BCUT2D eigenvalue weighted by molar-refractivity contribution is 6.12. The van der Waals surface area contributed by atoms with Crippen molar-refractivity contribution in [3.8, 4) is 0 Å². The van der Waals surface area contributed by atoms with Gasteiger partial charge in [-0.2, -0.15) is 0 Å². The van der Waals surface area contributed by atoms with E-state index in [0.717, 1.165) is 73.8 Å². The minimum Gasteiger partial charge on any atom is -0.464 e. The van der Waals surface area contributed by atoms with Gasteiger partial charge in [0.1, 0.15) is 16.7 Å². The van der Waals surface area contributed by atoms with Crippen molar-refractivity contribution in [2.75, 3.05) is 0 Å². The molecule has 0 saturated carbocycles. The molecule has 3 aliphatic carbocycles. The number of furan rings is 2. The van der Waals surface area contributed by atoms with Gasteiger partial charge in [-0.3, -0.25) is 0 Å². The zero-order chi connectivity index (χ0) is 41.2. The summed E-state index contributed by atoms with van der Waals surface area (Å²) in [4.78, 5) is 2.47. The van der Waals surface area contributed by atoms with Crippen molar-refractivity contribution in [1.82, 2.24) is 4.90 Å². The van der Waals surface area contributed by atoms with Crippen LogP contribution in [-0.2, 0) is 5.41 Å². The molecule has 9 aromatic rings. The molecular weight excluding hydrogens is 755 g/mol. The van der Waals surface area contributed by atoms with Crippen molar-refractivity contribution in [1.29, 1.82) is 0 Å². The van der Waals surface area contributed by atoms with Gasteiger partial charge in [0.2, 0.25) is 0 Å². The molecule has 2 aromatic heterocycles. The lowest BCUT2D eigenvalue weighted by Crippen LogP contribution is -2.36. The summed E-state index contributed by atoms with van der Waals surface area (Å²) in [5.74, 6) is 0.245. The van der Waals surface area contributed by atoms with Crippen molar-refractivity contribution in [2.24, 2.45) is 5.92 Å². The zero-order valence-electron chi connectivity index (χ0n) is 34.2. The van der Waals surface area contributed by atoms with Crippen molar-refractivity contribution >= 4 is 55.3 Å². The van der Waals surface area contributed by atoms with Crippen LogP contribution in [0.3, 0.4) is 0 Å². The standard InChI is InChI=1S/C59H43NO2/c1-2-44(34-41-38-61-56-31-16-13-24-46(41)56)60(55-30-15-12-26-49(55)50-27-17-28-51-52-35-39-18-9-10-19-40(39)36-57(52)62-58(50)51)45-32-33-48-47-25-11-14-29-53(47)59(54(48)37-45,42-20-5-3-6-21-42)43-22-7-4-8-23-43/h2-14,16-29,31-38,48,54H,1,15,30H2/b44-34+. The highest BCUT2D eigenvalue weighted by Gasteiger charge is 2.53. The Hall–Kier alpha value is -7.62. The maximum atomic E-state index is 6.89. The highest BCUT2D eigenvalue weighted by atomic mass is 16.3. The van der Waals surface area contributed by atoms with Gasteiger partial charge in [0.25, 0.3) is 0 Å². The molecule has 2 heterocycles. The number of fused-ring (bicyclic) bond motifs is 8. The van der Waals surface area contributed by atoms with E-state index in [-0.39, 0.29) is 11.8 Å². The molecular formula is C59H43NO2. The fourth-order valence-corrected chi connectivity index (χ4v) is 10.9. The van der Waals surface area contributed by atoms with Gasteiger partial charge in [0.05, 0.1) is 11.7 Å². The van der Waals surface area contributed by atoms with Crippen molar-refractivity contribution in [2.45, 2.75) is 24.2 Å². The Morgan fingerprint density at radius 3 is 2.19 bits per heavy atom. The van der Waals surface area contributed by atoms with Gasteiger partial charge >= 0.3 is 0 Å². The third-order valence-corrected chi connectivity index (χ3v) is 13.5. The quantitative estimate of drug-likeness (QED) is 0.143. The Bertz CT molecular complexity index is 3350. The molecule has 0 aliphatic heterocycles. The molecule has 12 rings (SSSR count). The topological polar surface area (TPSA) is 29.5 Å². The summed E-state index contributed by atoms with van der Waals surface area (Å²) < 4.78 is 13.0. The van der Waals surface area contributed by atoms with Gasteiger partial charge in [0, 0.05) is 61.8 Å². The average molecular weight is 798 g/mol. The van der Waals surface area contributed by atoms with E-state index in [4.69, 9.17) is 8.83 Å². The molecule has 0 fully saturated rings. The van der Waals surface area contributed by atoms with Crippen LogP contribution < -0.4 is 0 Å². The minimum absolute atomic E-state index is 0.0733. The van der Waals surface area contributed by atoms with E-state index in [1.807, 2.05) is 24.5 Å². The number of hydrogen-bond acceptors (Lipinski definition) is 3. The molecule has 7 aromatic carbocycles. The van der Waals surface area contributed by atoms with Crippen LogP contribution in [0.1, 0.15) is 52.1 Å². The van der Waals surface area contributed by atoms with E-state index in [0.29, 0.717) is 0 Å². The predicted octanol–water partition coefficient (Wildman–Crippen LogP) is 15.3. The molecule has 0 bridgehead atoms. The Morgan fingerprint density at radius 2 is 1.39 bits per heavy atom. The monoisotopic (exact) mass is 797 g/mol. The summed E-state index contributed by atoms with van der Waals surface area (Å²) >= 11 is 0. The number of nitrogens with zero attached hydrogens (tertiary/aromatic N) is 1. The molecule has 62 heavy (non-hydrogen) atoms. The fourth-order valence-electron chi connectivity index (χ4n) is 10.9. The number of para-hydroxylation sites is 2. The molecule has 2 unspecified atom stereocenters. The van der Waals surface area contributed by atoms with Gasteiger partial charge in [0.15, 0.2) is 0 Å². The Labute approximate surface area is 361 Å². The summed E-state index contributed by atoms with van der Waals surface area (Å²) in [6, 6.07) is 59.2. The first-order valence-corrected chi connectivity index (χ1v) is 21.7. The van der Waals surface area contributed by atoms with E-state index in [1.54, 1.807) is 0 Å². The summed E-state index contributed by atoms with van der Waals surface area (Å²) in [6.07, 6.45) is 19.8. The molecule has 3 heteroatoms. The first-order valence-electron chi connectivity index (χ1n) is 21.7. The smallest absolute Gasteiger partial charge is 0.143 e. The van der Waals surface area contributed by atoms with Gasteiger partial charge in [-0.1, -0.05) is 176 Å². The second kappa shape index (κ2) is 14.5. The van der Waals surface area contributed by atoms with Crippen LogP contribution in [0.15, 0.2) is 239 Å². The van der Waals surface area contributed by atoms with Crippen LogP contribution in [0.25, 0.3) is 55.3 Å². The number of hydrogen-bond donors (Lipinski definition) is 0. The molecule has 0 radical (unpaired) electrons. The van der Waals surface area contributed by atoms with Crippen LogP contribution in [0, 0.1) is 5.92 Å². The third-order valence-electron chi connectivity index (χ3n) is 13.5. The molecule has 3 aliphatic rings. The molecule has 0 saturated heterocycles. The second-order valence-electron chi connectivity index (χ2n) is 16.7. The van der Waals surface area contributed by atoms with Crippen LogP contribution >= 0.6 is 0 Å². The Kier molecular flexibility index (Phi) is 8.50. The van der Waals surface area contributed by atoms with E-state index >= 15 is 0 Å². The summed E-state index contributed by atoms with van der Waals surface area (Å²) in [7, 11) is 0. The molecule has 0 amide bonds. The maximum absolute atomic E-state index is 6.89. The summed E-state index contributed by atoms with van der Waals surface area (Å²) in [6.45, 7) is 4.51. The summed E-state index contributed by atoms with van der Waals surface area (Å²) in [5.41, 5.74) is 14.0. The number of benzene rings is 7. The fraction of sp³-hybridized carbons (Fsp3) is 0.0847. The van der Waals surface area contributed by atoms with Gasteiger partial charge in [-0.25, -0.2) is 0 Å². The Balaban J connectivity index is 1.12. The van der Waals surface area contributed by atoms with E-state index in [2.05, 4.69) is 200 Å². The lowest BCUT2D eigenvalue weighted by molar-refractivity contribution is 0.435. The lowest BCUT2D eigenvalue weighted by Gasteiger charge is -2.41. The van der Waals surface area contributed by atoms with Gasteiger partial charge in [-0.05, 0) is 82.3 Å². The van der Waals surface area contributed by atoms with Crippen molar-refractivity contribution in [3.63, 3.8) is 0 Å². The summed E-state index contributed by atoms with van der Waals surface area (Å²) in [5, 5.41) is 5.68. The van der Waals surface area contributed by atoms with E-state index < -0.39 is 5.41 Å². The van der Waals surface area contributed by atoms with Crippen LogP contribution in [0.2, 0.25) is 0 Å². The van der Waals surface area contributed by atoms with Crippen molar-refractivity contribution < 1.29 is 8.83 Å². The van der Waals surface area contributed by atoms with Crippen molar-refractivity contribution in [3.05, 3.63) is 264 Å².